The molecule has 0 unspecified atom stereocenters. The smallest absolute Gasteiger partial charge is 0.142 e. The van der Waals surface area contributed by atoms with Crippen molar-refractivity contribution in [1.29, 1.82) is 0 Å². The van der Waals surface area contributed by atoms with Crippen molar-refractivity contribution >= 4 is 5.78 Å². The highest BCUT2D eigenvalue weighted by molar-refractivity contribution is 5.86. The average Bonchev–Trinajstić information content (AvgIpc) is 2.01. The van der Waals surface area contributed by atoms with Crippen LogP contribution in [0.2, 0.25) is 0 Å². The Balaban J connectivity index is 4.36. The molecule has 0 aromatic carbocycles. The first-order valence-corrected chi connectivity index (χ1v) is 4.73. The Labute approximate surface area is 81.5 Å². The van der Waals surface area contributed by atoms with Gasteiger partial charge in [-0.3, -0.25) is 4.79 Å². The van der Waals surface area contributed by atoms with Gasteiger partial charge in [0.15, 0.2) is 0 Å². The number of hydrogen-bond donors (Lipinski definition) is 0. The van der Waals surface area contributed by atoms with E-state index in [2.05, 4.69) is 0 Å². The number of rotatable bonds is 3. The summed E-state index contributed by atoms with van der Waals surface area (Å²) in [5.41, 5.74) is 0.873. The highest BCUT2D eigenvalue weighted by atomic mass is 16.1. The van der Waals surface area contributed by atoms with Crippen molar-refractivity contribution in [3.63, 3.8) is 0 Å². The molecule has 1 nitrogen and oxygen atoms in total. The molecule has 0 saturated heterocycles. The zero-order valence-corrected chi connectivity index (χ0v) is 9.35. The van der Waals surface area contributed by atoms with E-state index in [0.717, 1.165) is 5.57 Å². The van der Waals surface area contributed by atoms with Crippen LogP contribution in [-0.2, 0) is 4.79 Å². The minimum absolute atomic E-state index is 0.226. The Morgan fingerprint density at radius 2 is 1.77 bits per heavy atom. The number of hydrogen-bond acceptors (Lipinski definition) is 1. The van der Waals surface area contributed by atoms with Gasteiger partial charge in [-0.15, -0.1) is 0 Å². The second-order valence-corrected chi connectivity index (χ2v) is 4.21. The molecule has 0 aromatic rings. The lowest BCUT2D eigenvalue weighted by Crippen LogP contribution is -2.20. The lowest BCUT2D eigenvalue weighted by Gasteiger charge is -2.16. The molecular weight excluding hydrogens is 160 g/mol. The van der Waals surface area contributed by atoms with Crippen LogP contribution >= 0.6 is 0 Å². The Hall–Kier alpha value is -0.850. The molecule has 1 heteroatoms. The van der Waals surface area contributed by atoms with Crippen LogP contribution in [0.5, 0.6) is 0 Å². The maximum atomic E-state index is 11.6. The maximum absolute atomic E-state index is 11.6. The molecule has 0 heterocycles. The summed E-state index contributed by atoms with van der Waals surface area (Å²) in [5.74, 6) is 0.290. The van der Waals surface area contributed by atoms with Gasteiger partial charge in [-0.1, -0.05) is 39.0 Å². The van der Waals surface area contributed by atoms with Gasteiger partial charge in [0.1, 0.15) is 5.78 Å². The van der Waals surface area contributed by atoms with Crippen LogP contribution in [0, 0.1) is 5.41 Å². The minimum Gasteiger partial charge on any atom is -0.299 e. The molecule has 0 aliphatic rings. The zero-order chi connectivity index (χ0) is 10.5. The third-order valence-corrected chi connectivity index (χ3v) is 1.95. The van der Waals surface area contributed by atoms with Crippen molar-refractivity contribution in [2.45, 2.75) is 41.0 Å². The van der Waals surface area contributed by atoms with E-state index in [4.69, 9.17) is 0 Å². The van der Waals surface area contributed by atoms with Crippen molar-refractivity contribution in [3.05, 3.63) is 23.8 Å². The molecule has 13 heavy (non-hydrogen) atoms. The van der Waals surface area contributed by atoms with Crippen LogP contribution in [-0.4, -0.2) is 5.78 Å². The highest BCUT2D eigenvalue weighted by Crippen LogP contribution is 2.19. The van der Waals surface area contributed by atoms with E-state index in [1.54, 1.807) is 0 Å². The van der Waals surface area contributed by atoms with E-state index in [1.807, 2.05) is 52.8 Å². The van der Waals surface area contributed by atoms with Gasteiger partial charge in [-0.05, 0) is 19.4 Å². The molecule has 0 rings (SSSR count). The van der Waals surface area contributed by atoms with Crippen LogP contribution in [0.4, 0.5) is 0 Å². The molecule has 0 aromatic heterocycles. The van der Waals surface area contributed by atoms with E-state index in [9.17, 15) is 4.79 Å². The third-order valence-electron chi connectivity index (χ3n) is 1.95. The Kier molecular flexibility index (Phi) is 4.68. The molecule has 0 N–H and O–H groups in total. The van der Waals surface area contributed by atoms with Gasteiger partial charge in [0.25, 0.3) is 0 Å². The van der Waals surface area contributed by atoms with Crippen LogP contribution in [0.15, 0.2) is 23.8 Å². The summed E-state index contributed by atoms with van der Waals surface area (Å²) in [7, 11) is 0. The predicted molar refractivity (Wildman–Crippen MR) is 57.7 cm³/mol. The molecule has 0 spiro atoms. The van der Waals surface area contributed by atoms with Crippen LogP contribution in [0.3, 0.4) is 0 Å². The molecule has 0 radical (unpaired) electrons. The molecular formula is C12H20O. The van der Waals surface area contributed by atoms with Crippen LogP contribution in [0.1, 0.15) is 41.0 Å². The van der Waals surface area contributed by atoms with Gasteiger partial charge in [0, 0.05) is 11.8 Å². The second-order valence-electron chi connectivity index (χ2n) is 4.21. The minimum atomic E-state index is -0.226. The topological polar surface area (TPSA) is 17.1 Å². The summed E-state index contributed by atoms with van der Waals surface area (Å²) in [6, 6.07) is 0. The molecule has 0 aliphatic heterocycles. The largest absolute Gasteiger partial charge is 0.299 e. The van der Waals surface area contributed by atoms with Gasteiger partial charge in [0.05, 0.1) is 0 Å². The molecule has 0 bridgehead atoms. The lowest BCUT2D eigenvalue weighted by molar-refractivity contribution is -0.125. The fourth-order valence-electron chi connectivity index (χ4n) is 0.922. The van der Waals surface area contributed by atoms with Crippen LogP contribution in [0.25, 0.3) is 0 Å². The van der Waals surface area contributed by atoms with Gasteiger partial charge in [0.2, 0.25) is 0 Å². The van der Waals surface area contributed by atoms with Gasteiger partial charge in [-0.25, -0.2) is 0 Å². The summed E-state index contributed by atoms with van der Waals surface area (Å²) in [5, 5.41) is 0. The fourth-order valence-corrected chi connectivity index (χ4v) is 0.922. The first-order valence-electron chi connectivity index (χ1n) is 4.73. The quantitative estimate of drug-likeness (QED) is 0.607. The monoisotopic (exact) mass is 180 g/mol. The van der Waals surface area contributed by atoms with E-state index < -0.39 is 0 Å². The summed E-state index contributed by atoms with van der Waals surface area (Å²) >= 11 is 0. The van der Waals surface area contributed by atoms with Crippen molar-refractivity contribution in [3.8, 4) is 0 Å². The van der Waals surface area contributed by atoms with E-state index in [0.29, 0.717) is 12.2 Å². The van der Waals surface area contributed by atoms with Gasteiger partial charge in [-0.2, -0.15) is 0 Å². The van der Waals surface area contributed by atoms with Crippen molar-refractivity contribution in [1.82, 2.24) is 0 Å². The number of Topliss-reactive ketones (excluding diaryl/α,β-unsaturated/α-hetero) is 1. The first-order chi connectivity index (χ1) is 5.91. The molecule has 74 valence electrons. The average molecular weight is 180 g/mol. The predicted octanol–water partition coefficient (Wildman–Crippen LogP) is 3.51. The molecule has 0 fully saturated rings. The Morgan fingerprint density at radius 3 is 2.08 bits per heavy atom. The van der Waals surface area contributed by atoms with Crippen LogP contribution < -0.4 is 0 Å². The Morgan fingerprint density at radius 1 is 1.23 bits per heavy atom. The van der Waals surface area contributed by atoms with Gasteiger partial charge < -0.3 is 0 Å². The SMILES string of the molecule is C/C=C\C(=C/C)CC(=O)C(C)(C)C. The lowest BCUT2D eigenvalue weighted by atomic mass is 9.87. The van der Waals surface area contributed by atoms with Gasteiger partial charge >= 0.3 is 0 Å². The van der Waals surface area contributed by atoms with Crippen molar-refractivity contribution in [2.24, 2.45) is 5.41 Å². The van der Waals surface area contributed by atoms with Crippen molar-refractivity contribution in [2.75, 3.05) is 0 Å². The summed E-state index contributed by atoms with van der Waals surface area (Å²) in [6.07, 6.45) is 6.49. The van der Waals surface area contributed by atoms with E-state index in [1.165, 1.54) is 0 Å². The van der Waals surface area contributed by atoms with E-state index >= 15 is 0 Å². The number of carbonyl (C=O) groups is 1. The Bertz CT molecular complexity index is 226. The molecule has 0 amide bonds. The molecule has 0 saturated carbocycles. The standard InChI is InChI=1S/C12H20O/c1-6-8-10(7-2)9-11(13)12(3,4)5/h6-8H,9H2,1-5H3/b8-6-,10-7+. The summed E-state index contributed by atoms with van der Waals surface area (Å²) in [6.45, 7) is 9.80. The maximum Gasteiger partial charge on any atom is 0.142 e. The first kappa shape index (κ1) is 12.2. The second kappa shape index (κ2) is 5.00. The summed E-state index contributed by atoms with van der Waals surface area (Å²) in [4.78, 5) is 11.6. The van der Waals surface area contributed by atoms with E-state index in [-0.39, 0.29) is 5.41 Å². The zero-order valence-electron chi connectivity index (χ0n) is 9.35. The fraction of sp³-hybridized carbons (Fsp3) is 0.583. The molecule has 0 atom stereocenters. The normalized spacial score (nSPS) is 13.8. The van der Waals surface area contributed by atoms with Crippen molar-refractivity contribution < 1.29 is 4.79 Å². The number of allylic oxidation sites excluding steroid dienone is 4. The highest BCUT2D eigenvalue weighted by Gasteiger charge is 2.20. The third kappa shape index (κ3) is 4.66. The number of ketones is 1. The summed E-state index contributed by atoms with van der Waals surface area (Å²) < 4.78 is 0. The number of carbonyl (C=O) groups excluding carboxylic acids is 1. The molecule has 0 aliphatic carbocycles.